The Balaban J connectivity index is 0.00000160. The van der Waals surface area contributed by atoms with Crippen molar-refractivity contribution in [3.05, 3.63) is 46.7 Å². The third-order valence-corrected chi connectivity index (χ3v) is 7.70. The summed E-state index contributed by atoms with van der Waals surface area (Å²) < 4.78 is 13.2. The van der Waals surface area contributed by atoms with Crippen molar-refractivity contribution in [3.8, 4) is 11.5 Å². The van der Waals surface area contributed by atoms with Crippen molar-refractivity contribution in [1.29, 1.82) is 0 Å². The van der Waals surface area contributed by atoms with Gasteiger partial charge in [0.05, 0.1) is 32.7 Å². The highest BCUT2D eigenvalue weighted by Crippen LogP contribution is 2.63. The summed E-state index contributed by atoms with van der Waals surface area (Å²) >= 11 is 0. The fraction of sp³-hybridized carbons (Fsp3) is 0.545. The minimum Gasteiger partial charge on any atom is -1.00 e. The number of piperidine rings is 1. The molecule has 1 saturated carbocycles. The van der Waals surface area contributed by atoms with Gasteiger partial charge in [-0.25, -0.2) is 0 Å². The fourth-order valence-electron chi connectivity index (χ4n) is 6.30. The van der Waals surface area contributed by atoms with Crippen LogP contribution in [0.4, 0.5) is 0 Å². The first-order chi connectivity index (χ1) is 12.6. The van der Waals surface area contributed by atoms with Crippen LogP contribution in [0.25, 0.3) is 0 Å². The third kappa shape index (κ3) is 2.07. The molecule has 0 radical (unpaired) electrons. The lowest BCUT2D eigenvalue weighted by Crippen LogP contribution is -3.00. The van der Waals surface area contributed by atoms with Crippen molar-refractivity contribution in [2.75, 3.05) is 27.2 Å². The van der Waals surface area contributed by atoms with Crippen molar-refractivity contribution >= 4 is 0 Å². The molecule has 3 aliphatic carbocycles. The number of nitrogens with zero attached hydrogens (tertiary/aromatic N) is 1. The average molecular weight is 432 g/mol. The van der Waals surface area contributed by atoms with Crippen molar-refractivity contribution in [2.45, 2.75) is 43.2 Å². The molecule has 0 unspecified atom stereocenters. The second kappa shape index (κ2) is 5.54. The van der Waals surface area contributed by atoms with E-state index in [2.05, 4.69) is 25.3 Å². The van der Waals surface area contributed by atoms with E-state index >= 15 is 0 Å². The number of halogens is 1. The average Bonchev–Trinajstić information content (AvgIpc) is 3.37. The highest BCUT2D eigenvalue weighted by atomic mass is 79.9. The largest absolute Gasteiger partial charge is 1.00 e. The quantitative estimate of drug-likeness (QED) is 0.687. The molecule has 4 atom stereocenters. The van der Waals surface area contributed by atoms with E-state index < -0.39 is 0 Å². The van der Waals surface area contributed by atoms with Gasteiger partial charge in [0.15, 0.2) is 17.6 Å². The zero-order chi connectivity index (χ0) is 17.7. The molecule has 27 heavy (non-hydrogen) atoms. The number of likely N-dealkylation sites (N-methyl/N-ethyl adjacent to an activating group) is 1. The molecule has 1 saturated heterocycles. The molecule has 1 aromatic carbocycles. The SMILES string of the molecule is COC1=CC=C2[C@H]3Cc4ccc(O)c5c4[C@@]2(CC[N@@+]3(C)CC2CC2)[C@H]1O5.[Br-]. The molecule has 2 fully saturated rings. The summed E-state index contributed by atoms with van der Waals surface area (Å²) in [5.41, 5.74) is 3.97. The predicted octanol–water partition coefficient (Wildman–Crippen LogP) is 0.0503. The normalized spacial score (nSPS) is 37.4. The Kier molecular flexibility index (Phi) is 3.62. The zero-order valence-corrected chi connectivity index (χ0v) is 17.5. The minimum atomic E-state index is -0.145. The van der Waals surface area contributed by atoms with Crippen LogP contribution in [0.15, 0.2) is 35.6 Å². The second-order valence-electron chi connectivity index (χ2n) is 9.11. The number of aromatic hydroxyl groups is 1. The number of quaternary nitrogens is 1. The van der Waals surface area contributed by atoms with Crippen LogP contribution in [0.3, 0.4) is 0 Å². The van der Waals surface area contributed by atoms with E-state index in [1.54, 1.807) is 7.11 Å². The van der Waals surface area contributed by atoms with E-state index in [-0.39, 0.29) is 34.2 Å². The lowest BCUT2D eigenvalue weighted by atomic mass is 9.56. The summed E-state index contributed by atoms with van der Waals surface area (Å²) in [5, 5.41) is 10.5. The number of hydrogen-bond donors (Lipinski definition) is 1. The molecule has 1 N–H and O–H groups in total. The van der Waals surface area contributed by atoms with Crippen LogP contribution in [0, 0.1) is 5.92 Å². The van der Waals surface area contributed by atoms with E-state index in [9.17, 15) is 5.11 Å². The molecule has 144 valence electrons. The van der Waals surface area contributed by atoms with Gasteiger partial charge in [0.25, 0.3) is 0 Å². The summed E-state index contributed by atoms with van der Waals surface area (Å²) in [5.74, 6) is 2.76. The van der Waals surface area contributed by atoms with Gasteiger partial charge in [-0.15, -0.1) is 0 Å². The number of hydrogen-bond acceptors (Lipinski definition) is 3. The lowest BCUT2D eigenvalue weighted by Gasteiger charge is -2.57. The van der Waals surface area contributed by atoms with Crippen LogP contribution in [-0.2, 0) is 16.6 Å². The maximum absolute atomic E-state index is 10.5. The molecule has 2 heterocycles. The monoisotopic (exact) mass is 431 g/mol. The summed E-state index contributed by atoms with van der Waals surface area (Å²) in [6.45, 7) is 2.47. The van der Waals surface area contributed by atoms with Gasteiger partial charge < -0.3 is 36.0 Å². The first-order valence-corrected chi connectivity index (χ1v) is 9.89. The molecule has 5 aliphatic rings. The van der Waals surface area contributed by atoms with Crippen LogP contribution < -0.4 is 21.7 Å². The number of allylic oxidation sites excluding steroid dienone is 2. The lowest BCUT2D eigenvalue weighted by molar-refractivity contribution is -0.935. The number of rotatable bonds is 3. The van der Waals surface area contributed by atoms with Gasteiger partial charge in [0, 0.05) is 29.9 Å². The standard InChI is InChI=1S/C22H25NO3.BrH/c1-23(12-13-3-4-13)10-9-22-15-6-8-18(25-2)21(22)26-20-17(24)7-5-14(19(20)22)11-16(15)23;/h5-8,13,16,21H,3-4,9-12H2,1-2H3;1H/t16-,21+,22+,23+;/m1./s1. The molecule has 2 aliphatic heterocycles. The van der Waals surface area contributed by atoms with Gasteiger partial charge in [-0.3, -0.25) is 0 Å². The summed E-state index contributed by atoms with van der Waals surface area (Å²) in [4.78, 5) is 0. The Hall–Kier alpha value is -1.46. The van der Waals surface area contributed by atoms with Gasteiger partial charge in [0.1, 0.15) is 11.8 Å². The van der Waals surface area contributed by atoms with Gasteiger partial charge in [-0.2, -0.15) is 0 Å². The maximum Gasteiger partial charge on any atom is 0.169 e. The summed E-state index contributed by atoms with van der Waals surface area (Å²) in [6, 6.07) is 4.45. The Bertz CT molecular complexity index is 890. The van der Waals surface area contributed by atoms with E-state index in [1.807, 2.05) is 6.07 Å². The molecule has 4 nitrogen and oxygen atoms in total. The van der Waals surface area contributed by atoms with Crippen LogP contribution in [0.2, 0.25) is 0 Å². The van der Waals surface area contributed by atoms with E-state index in [0.29, 0.717) is 11.8 Å². The van der Waals surface area contributed by atoms with E-state index in [0.717, 1.165) is 29.0 Å². The topological polar surface area (TPSA) is 38.7 Å². The fourth-order valence-corrected chi connectivity index (χ4v) is 6.30. The Morgan fingerprint density at radius 3 is 2.85 bits per heavy atom. The number of phenols is 1. The highest BCUT2D eigenvalue weighted by Gasteiger charge is 2.66. The van der Waals surface area contributed by atoms with E-state index in [4.69, 9.17) is 9.47 Å². The number of ether oxygens (including phenoxy) is 2. The number of methoxy groups -OCH3 is 1. The first-order valence-electron chi connectivity index (χ1n) is 9.89. The molecule has 1 spiro atoms. The van der Waals surface area contributed by atoms with Crippen molar-refractivity contribution in [3.63, 3.8) is 0 Å². The van der Waals surface area contributed by atoms with Gasteiger partial charge in [-0.1, -0.05) is 12.1 Å². The molecule has 0 aromatic heterocycles. The van der Waals surface area contributed by atoms with Crippen molar-refractivity contribution in [2.24, 2.45) is 5.92 Å². The van der Waals surface area contributed by atoms with Crippen LogP contribution in [-0.4, -0.2) is 49.0 Å². The first kappa shape index (κ1) is 17.6. The molecular formula is C22H26BrNO3. The highest BCUT2D eigenvalue weighted by molar-refractivity contribution is 5.66. The minimum absolute atomic E-state index is 0. The molecular weight excluding hydrogens is 406 g/mol. The summed E-state index contributed by atoms with van der Waals surface area (Å²) in [6.07, 6.45) is 9.20. The van der Waals surface area contributed by atoms with Gasteiger partial charge >= 0.3 is 0 Å². The zero-order valence-electron chi connectivity index (χ0n) is 15.9. The third-order valence-electron chi connectivity index (χ3n) is 7.70. The van der Waals surface area contributed by atoms with Crippen molar-refractivity contribution in [1.82, 2.24) is 0 Å². The maximum atomic E-state index is 10.5. The van der Waals surface area contributed by atoms with Crippen LogP contribution in [0.1, 0.15) is 30.4 Å². The number of phenolic OH excluding ortho intramolecular Hbond substituents is 1. The molecule has 2 bridgehead atoms. The number of likely N-dealkylation sites (tertiary alicyclic amines) is 1. The smallest absolute Gasteiger partial charge is 0.169 e. The predicted molar refractivity (Wildman–Crippen MR) is 98.1 cm³/mol. The molecule has 5 heteroatoms. The van der Waals surface area contributed by atoms with Crippen molar-refractivity contribution < 1.29 is 36.0 Å². The van der Waals surface area contributed by atoms with E-state index in [1.165, 1.54) is 42.6 Å². The van der Waals surface area contributed by atoms with Gasteiger partial charge in [-0.05, 0) is 30.5 Å². The molecule has 6 rings (SSSR count). The Morgan fingerprint density at radius 1 is 1.30 bits per heavy atom. The Morgan fingerprint density at radius 2 is 2.11 bits per heavy atom. The van der Waals surface area contributed by atoms with Crippen LogP contribution in [0.5, 0.6) is 11.5 Å². The number of benzene rings is 1. The van der Waals surface area contributed by atoms with Crippen LogP contribution >= 0.6 is 0 Å². The molecule has 1 aromatic rings. The summed E-state index contributed by atoms with van der Waals surface area (Å²) in [7, 11) is 4.19. The Labute approximate surface area is 170 Å². The van der Waals surface area contributed by atoms with Gasteiger partial charge in [0.2, 0.25) is 0 Å². The second-order valence-corrected chi connectivity index (χ2v) is 9.11. The molecule has 0 amide bonds.